The van der Waals surface area contributed by atoms with Crippen LogP contribution in [0, 0.1) is 5.21 Å². The van der Waals surface area contributed by atoms with Crippen LogP contribution in [0.1, 0.15) is 0 Å². The number of fused-ring (bicyclic) bond motifs is 1. The number of nitrogens with zero attached hydrogens (tertiary/aromatic N) is 3. The van der Waals surface area contributed by atoms with Gasteiger partial charge in [-0.05, 0) is 6.07 Å². The van der Waals surface area contributed by atoms with Gasteiger partial charge in [0.1, 0.15) is 0 Å². The Labute approximate surface area is 91.3 Å². The molecule has 1 fully saturated rings. The molecule has 6 nitrogen and oxygen atoms in total. The minimum absolute atomic E-state index is 0.281. The summed E-state index contributed by atoms with van der Waals surface area (Å²) in [5.74, 6) is 0. The number of quaternary nitrogens is 1. The Morgan fingerprint density at radius 3 is 2.88 bits per heavy atom. The molecular formula is C10H10N4O2. The average Bonchev–Trinajstić information content (AvgIpc) is 3.11. The van der Waals surface area contributed by atoms with E-state index in [1.54, 1.807) is 24.4 Å². The highest BCUT2D eigenvalue weighted by Gasteiger charge is 2.21. The van der Waals surface area contributed by atoms with Gasteiger partial charge < -0.3 is 10.1 Å². The first-order valence-electron chi connectivity index (χ1n) is 4.99. The number of aromatic nitrogens is 2. The maximum absolute atomic E-state index is 10.9. The van der Waals surface area contributed by atoms with E-state index in [1.165, 1.54) is 0 Å². The van der Waals surface area contributed by atoms with E-state index in [9.17, 15) is 5.21 Å². The van der Waals surface area contributed by atoms with Crippen molar-refractivity contribution in [1.29, 1.82) is 0 Å². The fraction of sp³-hybridized carbons (Fsp3) is 0.200. The van der Waals surface area contributed by atoms with Gasteiger partial charge in [-0.3, -0.25) is 0 Å². The highest BCUT2D eigenvalue weighted by molar-refractivity contribution is 5.93. The van der Waals surface area contributed by atoms with E-state index in [2.05, 4.69) is 15.1 Å². The highest BCUT2D eigenvalue weighted by atomic mass is 16.8. The van der Waals surface area contributed by atoms with Crippen molar-refractivity contribution >= 4 is 22.3 Å². The monoisotopic (exact) mass is 218 g/mol. The summed E-state index contributed by atoms with van der Waals surface area (Å²) < 4.78 is 0. The normalized spacial score (nSPS) is 16.5. The van der Waals surface area contributed by atoms with Gasteiger partial charge in [0.15, 0.2) is 5.69 Å². The van der Waals surface area contributed by atoms with Crippen molar-refractivity contribution in [3.63, 3.8) is 0 Å². The van der Waals surface area contributed by atoms with E-state index in [1.807, 2.05) is 0 Å². The predicted molar refractivity (Wildman–Crippen MR) is 57.5 cm³/mol. The molecule has 1 saturated heterocycles. The minimum atomic E-state index is -0.921. The van der Waals surface area contributed by atoms with Crippen LogP contribution in [0.2, 0.25) is 0 Å². The van der Waals surface area contributed by atoms with Crippen LogP contribution in [-0.2, 0) is 0 Å². The third-order valence-electron chi connectivity index (χ3n) is 2.65. The molecular weight excluding hydrogens is 208 g/mol. The summed E-state index contributed by atoms with van der Waals surface area (Å²) in [5, 5.41) is 27.7. The molecule has 82 valence electrons. The van der Waals surface area contributed by atoms with Gasteiger partial charge in [-0.2, -0.15) is 15.4 Å². The minimum Gasteiger partial charge on any atom is -0.595 e. The standard InChI is InChI=1S/C10H10N4O2/c15-14(16)7-1-2-9-8(5-7)10(6-11-12-9)13-3-4-13/h1-2,5-6,14-15H,3-4H2. The summed E-state index contributed by atoms with van der Waals surface area (Å²) in [6, 6.07) is 4.89. The Bertz CT molecular complexity index is 539. The molecule has 1 atom stereocenters. The van der Waals surface area contributed by atoms with Gasteiger partial charge in [0.05, 0.1) is 17.4 Å². The van der Waals surface area contributed by atoms with Gasteiger partial charge in [0.25, 0.3) is 0 Å². The van der Waals surface area contributed by atoms with Crippen LogP contribution in [0.5, 0.6) is 0 Å². The number of hydrogen-bond acceptors (Lipinski definition) is 5. The Balaban J connectivity index is 2.22. The molecule has 1 unspecified atom stereocenters. The summed E-state index contributed by atoms with van der Waals surface area (Å²) in [5.41, 5.74) is 1.98. The molecule has 3 rings (SSSR count). The van der Waals surface area contributed by atoms with Gasteiger partial charge in [-0.1, -0.05) is 0 Å². The second kappa shape index (κ2) is 3.38. The lowest BCUT2D eigenvalue weighted by molar-refractivity contribution is -0.991. The molecule has 1 aromatic heterocycles. The fourth-order valence-electron chi connectivity index (χ4n) is 1.72. The molecule has 6 heteroatoms. The first-order chi connectivity index (χ1) is 7.75. The van der Waals surface area contributed by atoms with Crippen molar-refractivity contribution in [2.75, 3.05) is 18.0 Å². The van der Waals surface area contributed by atoms with Gasteiger partial charge in [0.2, 0.25) is 0 Å². The van der Waals surface area contributed by atoms with Crippen LogP contribution in [0.4, 0.5) is 11.4 Å². The van der Waals surface area contributed by atoms with Crippen LogP contribution >= 0.6 is 0 Å². The SMILES string of the molecule is [O-][NH+](O)c1ccc2nncc(N3CC3)c2c1. The summed E-state index contributed by atoms with van der Waals surface area (Å²) in [7, 11) is 0. The van der Waals surface area contributed by atoms with Crippen molar-refractivity contribution in [2.24, 2.45) is 0 Å². The lowest BCUT2D eigenvalue weighted by Gasteiger charge is -2.13. The average molecular weight is 218 g/mol. The lowest BCUT2D eigenvalue weighted by atomic mass is 10.2. The largest absolute Gasteiger partial charge is 0.595 e. The Hall–Kier alpha value is -1.76. The second-order valence-electron chi connectivity index (χ2n) is 3.75. The van der Waals surface area contributed by atoms with Crippen molar-refractivity contribution < 1.29 is 10.4 Å². The number of benzene rings is 1. The maximum atomic E-state index is 10.9. The Morgan fingerprint density at radius 1 is 1.38 bits per heavy atom. The highest BCUT2D eigenvalue weighted by Crippen LogP contribution is 2.29. The quantitative estimate of drug-likeness (QED) is 0.541. The van der Waals surface area contributed by atoms with Gasteiger partial charge >= 0.3 is 0 Å². The number of nitrogens with one attached hydrogen (secondary N) is 1. The van der Waals surface area contributed by atoms with Gasteiger partial charge in [-0.15, -0.1) is 0 Å². The molecule has 0 bridgehead atoms. The van der Waals surface area contributed by atoms with Crippen molar-refractivity contribution in [3.8, 4) is 0 Å². The molecule has 0 amide bonds. The molecule has 2 N–H and O–H groups in total. The number of hydrogen-bond donors (Lipinski definition) is 2. The molecule has 1 aliphatic heterocycles. The van der Waals surface area contributed by atoms with Crippen molar-refractivity contribution in [1.82, 2.24) is 10.2 Å². The number of anilines is 1. The third kappa shape index (κ3) is 1.49. The third-order valence-corrected chi connectivity index (χ3v) is 2.65. The fourth-order valence-corrected chi connectivity index (χ4v) is 1.72. The second-order valence-corrected chi connectivity index (χ2v) is 3.75. The maximum Gasteiger partial charge on any atom is 0.164 e. The summed E-state index contributed by atoms with van der Waals surface area (Å²) in [6.07, 6.45) is 1.68. The summed E-state index contributed by atoms with van der Waals surface area (Å²) >= 11 is 0. The van der Waals surface area contributed by atoms with Gasteiger partial charge in [-0.25, -0.2) is 5.21 Å². The molecule has 0 radical (unpaired) electrons. The van der Waals surface area contributed by atoms with Crippen LogP contribution in [0.25, 0.3) is 10.9 Å². The lowest BCUT2D eigenvalue weighted by Crippen LogP contribution is -2.99. The van der Waals surface area contributed by atoms with E-state index in [-0.39, 0.29) is 5.69 Å². The number of rotatable bonds is 2. The zero-order valence-electron chi connectivity index (χ0n) is 8.42. The van der Waals surface area contributed by atoms with Gasteiger partial charge in [0, 0.05) is 30.6 Å². The molecule has 1 aromatic carbocycles. The predicted octanol–water partition coefficient (Wildman–Crippen LogP) is -0.147. The topological polar surface area (TPSA) is 76.5 Å². The van der Waals surface area contributed by atoms with Crippen LogP contribution < -0.4 is 10.1 Å². The molecule has 0 saturated carbocycles. The van der Waals surface area contributed by atoms with Crippen molar-refractivity contribution in [3.05, 3.63) is 29.6 Å². The molecule has 2 aromatic rings. The summed E-state index contributed by atoms with van der Waals surface area (Å²) in [4.78, 5) is 2.13. The van der Waals surface area contributed by atoms with E-state index in [0.29, 0.717) is 0 Å². The van der Waals surface area contributed by atoms with Crippen LogP contribution in [-0.4, -0.2) is 28.5 Å². The van der Waals surface area contributed by atoms with E-state index < -0.39 is 5.23 Å². The smallest absolute Gasteiger partial charge is 0.164 e. The van der Waals surface area contributed by atoms with Crippen LogP contribution in [0.3, 0.4) is 0 Å². The zero-order valence-corrected chi connectivity index (χ0v) is 8.42. The first kappa shape index (κ1) is 9.46. The molecule has 16 heavy (non-hydrogen) atoms. The Morgan fingerprint density at radius 2 is 2.19 bits per heavy atom. The van der Waals surface area contributed by atoms with E-state index in [4.69, 9.17) is 5.21 Å². The molecule has 0 spiro atoms. The first-order valence-corrected chi connectivity index (χ1v) is 4.99. The van der Waals surface area contributed by atoms with E-state index >= 15 is 0 Å². The van der Waals surface area contributed by atoms with Crippen LogP contribution in [0.15, 0.2) is 24.4 Å². The molecule has 1 aliphatic rings. The molecule has 0 aliphatic carbocycles. The zero-order chi connectivity index (χ0) is 11.1. The van der Waals surface area contributed by atoms with E-state index in [0.717, 1.165) is 29.7 Å². The van der Waals surface area contributed by atoms with Crippen molar-refractivity contribution in [2.45, 2.75) is 0 Å². The Kier molecular flexibility index (Phi) is 2.00. The molecule has 2 heterocycles. The summed E-state index contributed by atoms with van der Waals surface area (Å²) in [6.45, 7) is 2.00.